The molecule has 14 heavy (non-hydrogen) atoms. The van der Waals surface area contributed by atoms with Crippen molar-refractivity contribution in [2.75, 3.05) is 13.1 Å². The molecule has 1 aromatic rings. The molecule has 1 unspecified atom stereocenters. The Balaban J connectivity index is 2.18. The summed E-state index contributed by atoms with van der Waals surface area (Å²) in [6, 6.07) is 0. The van der Waals surface area contributed by atoms with Crippen LogP contribution in [0, 0.1) is 5.92 Å². The van der Waals surface area contributed by atoms with Crippen LogP contribution in [0.15, 0.2) is 12.5 Å². The van der Waals surface area contributed by atoms with E-state index < -0.39 is 0 Å². The first kappa shape index (κ1) is 10.7. The summed E-state index contributed by atoms with van der Waals surface area (Å²) in [5.74, 6) is -0.114. The molecule has 1 atom stereocenters. The third kappa shape index (κ3) is 3.18. The van der Waals surface area contributed by atoms with Crippen molar-refractivity contribution in [3.05, 3.63) is 18.2 Å². The van der Waals surface area contributed by atoms with Gasteiger partial charge in [-0.2, -0.15) is 0 Å². The summed E-state index contributed by atoms with van der Waals surface area (Å²) >= 11 is 0. The number of carbonyl (C=O) groups is 1. The van der Waals surface area contributed by atoms with Gasteiger partial charge in [-0.25, -0.2) is 4.98 Å². The quantitative estimate of drug-likeness (QED) is 0.602. The Morgan fingerprint density at radius 2 is 2.57 bits per heavy atom. The lowest BCUT2D eigenvalue weighted by Crippen LogP contribution is -2.34. The van der Waals surface area contributed by atoms with Gasteiger partial charge >= 0.3 is 0 Å². The maximum absolute atomic E-state index is 11.3. The van der Waals surface area contributed by atoms with Gasteiger partial charge in [-0.3, -0.25) is 4.79 Å². The van der Waals surface area contributed by atoms with Gasteiger partial charge in [0.2, 0.25) is 5.91 Å². The average Bonchev–Trinajstić information content (AvgIpc) is 2.69. The minimum Gasteiger partial charge on any atom is -0.355 e. The lowest BCUT2D eigenvalue weighted by atomic mass is 10.1. The van der Waals surface area contributed by atoms with Crippen LogP contribution in [0.1, 0.15) is 12.6 Å². The molecule has 0 saturated heterocycles. The summed E-state index contributed by atoms with van der Waals surface area (Å²) in [4.78, 5) is 18.2. The minimum absolute atomic E-state index is 0.00281. The Labute approximate surface area is 83.1 Å². The summed E-state index contributed by atoms with van der Waals surface area (Å²) in [7, 11) is 0. The number of rotatable bonds is 5. The van der Waals surface area contributed by atoms with Gasteiger partial charge in [-0.15, -0.1) is 0 Å². The summed E-state index contributed by atoms with van der Waals surface area (Å²) < 4.78 is 0. The highest BCUT2D eigenvalue weighted by molar-refractivity contribution is 5.78. The Bertz CT molecular complexity index is 270. The van der Waals surface area contributed by atoms with Crippen molar-refractivity contribution < 1.29 is 4.79 Å². The third-order valence-corrected chi connectivity index (χ3v) is 2.04. The molecular weight excluding hydrogens is 180 g/mol. The van der Waals surface area contributed by atoms with E-state index in [1.54, 1.807) is 6.33 Å². The number of H-pyrrole nitrogens is 1. The predicted octanol–water partition coefficient (Wildman–Crippen LogP) is -0.337. The zero-order chi connectivity index (χ0) is 10.4. The van der Waals surface area contributed by atoms with Crippen LogP contribution in [0.3, 0.4) is 0 Å². The Hall–Kier alpha value is -1.36. The lowest BCUT2D eigenvalue weighted by molar-refractivity contribution is -0.124. The number of nitrogens with one attached hydrogen (secondary N) is 2. The normalized spacial score (nSPS) is 12.4. The number of hydrogen-bond acceptors (Lipinski definition) is 3. The maximum atomic E-state index is 11.3. The summed E-state index contributed by atoms with van der Waals surface area (Å²) in [5.41, 5.74) is 6.31. The van der Waals surface area contributed by atoms with Crippen LogP contribution >= 0.6 is 0 Å². The fourth-order valence-electron chi connectivity index (χ4n) is 1.02. The molecule has 0 aliphatic carbocycles. The highest BCUT2D eigenvalue weighted by atomic mass is 16.1. The molecule has 5 heteroatoms. The van der Waals surface area contributed by atoms with Crippen molar-refractivity contribution in [3.8, 4) is 0 Å². The van der Waals surface area contributed by atoms with Crippen molar-refractivity contribution >= 4 is 5.91 Å². The zero-order valence-electron chi connectivity index (χ0n) is 8.29. The molecule has 0 aliphatic heterocycles. The molecule has 1 heterocycles. The van der Waals surface area contributed by atoms with Crippen molar-refractivity contribution in [1.82, 2.24) is 15.3 Å². The van der Waals surface area contributed by atoms with Gasteiger partial charge in [0.1, 0.15) is 0 Å². The Morgan fingerprint density at radius 1 is 1.79 bits per heavy atom. The maximum Gasteiger partial charge on any atom is 0.224 e. The van der Waals surface area contributed by atoms with E-state index in [2.05, 4.69) is 15.3 Å². The van der Waals surface area contributed by atoms with Gasteiger partial charge in [0.15, 0.2) is 0 Å². The fraction of sp³-hybridized carbons (Fsp3) is 0.556. The molecule has 0 bridgehead atoms. The molecule has 0 saturated carbocycles. The summed E-state index contributed by atoms with van der Waals surface area (Å²) in [6.07, 6.45) is 4.19. The van der Waals surface area contributed by atoms with Crippen LogP contribution in [-0.4, -0.2) is 29.0 Å². The van der Waals surface area contributed by atoms with Crippen molar-refractivity contribution in [2.45, 2.75) is 13.3 Å². The predicted molar refractivity (Wildman–Crippen MR) is 53.5 cm³/mol. The smallest absolute Gasteiger partial charge is 0.224 e. The van der Waals surface area contributed by atoms with E-state index in [4.69, 9.17) is 5.73 Å². The molecule has 5 nitrogen and oxygen atoms in total. The minimum atomic E-state index is -0.116. The molecule has 1 amide bonds. The fourth-order valence-corrected chi connectivity index (χ4v) is 1.02. The van der Waals surface area contributed by atoms with Gasteiger partial charge in [0.05, 0.1) is 12.0 Å². The molecule has 0 spiro atoms. The first-order chi connectivity index (χ1) is 6.74. The number of imidazole rings is 1. The first-order valence-corrected chi connectivity index (χ1v) is 4.69. The molecule has 0 radical (unpaired) electrons. The van der Waals surface area contributed by atoms with Crippen LogP contribution in [0.5, 0.6) is 0 Å². The van der Waals surface area contributed by atoms with Crippen LogP contribution in [0.2, 0.25) is 0 Å². The van der Waals surface area contributed by atoms with E-state index in [1.807, 2.05) is 13.1 Å². The van der Waals surface area contributed by atoms with Crippen molar-refractivity contribution in [2.24, 2.45) is 11.7 Å². The Morgan fingerprint density at radius 3 is 3.14 bits per heavy atom. The van der Waals surface area contributed by atoms with Gasteiger partial charge in [0, 0.05) is 31.6 Å². The second-order valence-electron chi connectivity index (χ2n) is 3.24. The molecule has 0 aliphatic rings. The highest BCUT2D eigenvalue weighted by Crippen LogP contribution is 1.93. The monoisotopic (exact) mass is 196 g/mol. The number of nitrogens with two attached hydrogens (primary N) is 1. The lowest BCUT2D eigenvalue weighted by Gasteiger charge is -2.08. The molecule has 78 valence electrons. The van der Waals surface area contributed by atoms with Gasteiger partial charge in [-0.1, -0.05) is 6.92 Å². The van der Waals surface area contributed by atoms with Crippen LogP contribution in [0.4, 0.5) is 0 Å². The molecule has 0 fully saturated rings. The van der Waals surface area contributed by atoms with Crippen LogP contribution < -0.4 is 11.1 Å². The van der Waals surface area contributed by atoms with Gasteiger partial charge in [-0.05, 0) is 0 Å². The standard InChI is InChI=1S/C9H16N4O/c1-7(4-10)9(14)12-3-2-8-5-11-6-13-8/h5-7H,2-4,10H2,1H3,(H,11,13)(H,12,14). The second-order valence-corrected chi connectivity index (χ2v) is 3.24. The number of carbonyl (C=O) groups excluding carboxylic acids is 1. The summed E-state index contributed by atoms with van der Waals surface area (Å²) in [5, 5.41) is 2.80. The van der Waals surface area contributed by atoms with E-state index in [9.17, 15) is 4.79 Å². The largest absolute Gasteiger partial charge is 0.355 e. The van der Waals surface area contributed by atoms with Gasteiger partial charge < -0.3 is 16.0 Å². The van der Waals surface area contributed by atoms with Crippen molar-refractivity contribution in [1.29, 1.82) is 0 Å². The highest BCUT2D eigenvalue weighted by Gasteiger charge is 2.09. The number of amides is 1. The number of aromatic nitrogens is 2. The zero-order valence-corrected chi connectivity index (χ0v) is 8.29. The van der Waals surface area contributed by atoms with E-state index in [1.165, 1.54) is 0 Å². The van der Waals surface area contributed by atoms with Crippen LogP contribution in [-0.2, 0) is 11.2 Å². The van der Waals surface area contributed by atoms with E-state index in [0.29, 0.717) is 13.1 Å². The SMILES string of the molecule is CC(CN)C(=O)NCCc1c[nH]cn1. The topological polar surface area (TPSA) is 83.8 Å². The molecule has 0 aromatic carbocycles. The average molecular weight is 196 g/mol. The first-order valence-electron chi connectivity index (χ1n) is 4.69. The number of nitrogens with zero attached hydrogens (tertiary/aromatic N) is 1. The molecule has 1 aromatic heterocycles. The molecule has 1 rings (SSSR count). The summed E-state index contributed by atoms with van der Waals surface area (Å²) in [6.45, 7) is 2.80. The third-order valence-electron chi connectivity index (χ3n) is 2.04. The van der Waals surface area contributed by atoms with E-state index in [-0.39, 0.29) is 11.8 Å². The Kier molecular flexibility index (Phi) is 4.12. The second kappa shape index (κ2) is 5.39. The van der Waals surface area contributed by atoms with Gasteiger partial charge in [0.25, 0.3) is 0 Å². The number of aromatic amines is 1. The van der Waals surface area contributed by atoms with E-state index >= 15 is 0 Å². The number of hydrogen-bond donors (Lipinski definition) is 3. The molecule has 4 N–H and O–H groups in total. The van der Waals surface area contributed by atoms with Crippen molar-refractivity contribution in [3.63, 3.8) is 0 Å². The van der Waals surface area contributed by atoms with E-state index in [0.717, 1.165) is 12.1 Å². The van der Waals surface area contributed by atoms with Crippen LogP contribution in [0.25, 0.3) is 0 Å². The molecular formula is C9H16N4O.